The number of methoxy groups -OCH3 is 1. The summed E-state index contributed by atoms with van der Waals surface area (Å²) < 4.78 is 25.9. The van der Waals surface area contributed by atoms with Gasteiger partial charge in [-0.2, -0.15) is 0 Å². The van der Waals surface area contributed by atoms with Crippen LogP contribution in [0.1, 0.15) is 5.56 Å². The second-order valence-corrected chi connectivity index (χ2v) is 7.85. The van der Waals surface area contributed by atoms with Crippen LogP contribution in [0, 0.1) is 5.82 Å². The molecule has 0 aliphatic rings. The number of rotatable bonds is 8. The number of aromatic nitrogens is 1. The second-order valence-electron chi connectivity index (χ2n) is 6.80. The van der Waals surface area contributed by atoms with Crippen LogP contribution in [0.3, 0.4) is 0 Å². The normalized spacial score (nSPS) is 11.1. The van der Waals surface area contributed by atoms with Crippen molar-refractivity contribution in [3.05, 3.63) is 72.2 Å². The fraction of sp³-hybridized carbons (Fsp3) is 0.174. The Kier molecular flexibility index (Phi) is 6.23. The molecule has 30 heavy (non-hydrogen) atoms. The van der Waals surface area contributed by atoms with Crippen LogP contribution in [0.4, 0.5) is 10.1 Å². The van der Waals surface area contributed by atoms with Crippen LogP contribution in [0.2, 0.25) is 0 Å². The molecule has 0 aliphatic heterocycles. The molecule has 0 amide bonds. The van der Waals surface area contributed by atoms with Gasteiger partial charge in [-0.15, -0.1) is 11.3 Å². The number of benzene rings is 2. The Balaban J connectivity index is 1.60. The number of pyridine rings is 1. The third-order valence-electron chi connectivity index (χ3n) is 4.58. The van der Waals surface area contributed by atoms with Gasteiger partial charge in [0.2, 0.25) is 0 Å². The van der Waals surface area contributed by atoms with Crippen molar-refractivity contribution >= 4 is 27.2 Å². The van der Waals surface area contributed by atoms with Crippen molar-refractivity contribution in [1.29, 1.82) is 0 Å². The molecular formula is C23H22FN3O2S. The maximum Gasteiger partial charge on any atom is 0.167 e. The molecule has 2 heterocycles. The van der Waals surface area contributed by atoms with E-state index in [9.17, 15) is 4.39 Å². The van der Waals surface area contributed by atoms with Crippen molar-refractivity contribution in [2.45, 2.75) is 6.54 Å². The molecule has 5 nitrogen and oxygen atoms in total. The maximum absolute atomic E-state index is 14.2. The van der Waals surface area contributed by atoms with Gasteiger partial charge >= 0.3 is 0 Å². The van der Waals surface area contributed by atoms with Crippen LogP contribution in [-0.2, 0) is 11.3 Å². The van der Waals surface area contributed by atoms with E-state index in [1.54, 1.807) is 36.8 Å². The van der Waals surface area contributed by atoms with Crippen molar-refractivity contribution in [2.24, 2.45) is 0 Å². The summed E-state index contributed by atoms with van der Waals surface area (Å²) in [7, 11) is 1.69. The first-order valence-corrected chi connectivity index (χ1v) is 10.4. The molecule has 0 radical (unpaired) electrons. The average molecular weight is 424 g/mol. The Morgan fingerprint density at radius 3 is 2.83 bits per heavy atom. The smallest absolute Gasteiger partial charge is 0.167 e. The quantitative estimate of drug-likeness (QED) is 0.301. The molecule has 154 valence electrons. The number of halogens is 1. The highest BCUT2D eigenvalue weighted by Gasteiger charge is 2.13. The van der Waals surface area contributed by atoms with Crippen LogP contribution in [0.5, 0.6) is 11.5 Å². The Hall–Kier alpha value is -3.00. The second kappa shape index (κ2) is 9.21. The Morgan fingerprint density at radius 1 is 1.10 bits per heavy atom. The molecule has 2 aromatic carbocycles. The number of hydrogen-bond donors (Lipinski definition) is 2. The molecule has 0 fully saturated rings. The molecule has 0 atom stereocenters. The predicted octanol–water partition coefficient (Wildman–Crippen LogP) is 5.21. The van der Waals surface area contributed by atoms with Crippen molar-refractivity contribution < 1.29 is 13.9 Å². The lowest BCUT2D eigenvalue weighted by molar-refractivity contribution is 0.199. The van der Waals surface area contributed by atoms with Crippen molar-refractivity contribution in [2.75, 3.05) is 26.0 Å². The number of nitrogens with zero attached hydrogens (tertiary/aromatic N) is 1. The Labute approximate surface area is 178 Å². The molecule has 0 saturated heterocycles. The van der Waals surface area contributed by atoms with Gasteiger partial charge in [0, 0.05) is 49.1 Å². The molecule has 0 spiro atoms. The van der Waals surface area contributed by atoms with Gasteiger partial charge in [-0.1, -0.05) is 18.2 Å². The van der Waals surface area contributed by atoms with E-state index >= 15 is 0 Å². The SMILES string of the molecule is COCCNCc1cccc(-c2cc3nccc(Oc4ccc(N)cc4F)c3s2)c1. The molecule has 3 N–H and O–H groups in total. The zero-order valence-corrected chi connectivity index (χ0v) is 17.3. The van der Waals surface area contributed by atoms with Gasteiger partial charge in [-0.05, 0) is 35.4 Å². The lowest BCUT2D eigenvalue weighted by atomic mass is 10.1. The lowest BCUT2D eigenvalue weighted by Gasteiger charge is -2.08. The summed E-state index contributed by atoms with van der Waals surface area (Å²) >= 11 is 1.57. The molecule has 4 aromatic rings. The van der Waals surface area contributed by atoms with E-state index in [0.717, 1.165) is 33.7 Å². The van der Waals surface area contributed by atoms with Crippen LogP contribution >= 0.6 is 11.3 Å². The summed E-state index contributed by atoms with van der Waals surface area (Å²) in [6, 6.07) is 16.5. The zero-order chi connectivity index (χ0) is 20.9. The molecular weight excluding hydrogens is 401 g/mol. The third-order valence-corrected chi connectivity index (χ3v) is 5.76. The van der Waals surface area contributed by atoms with E-state index in [1.807, 2.05) is 12.1 Å². The summed E-state index contributed by atoms with van der Waals surface area (Å²) in [5.74, 6) is 0.207. The number of hydrogen-bond acceptors (Lipinski definition) is 6. The number of nitrogen functional groups attached to an aromatic ring is 1. The van der Waals surface area contributed by atoms with Crippen molar-refractivity contribution in [3.63, 3.8) is 0 Å². The molecule has 0 aliphatic carbocycles. The molecule has 7 heteroatoms. The van der Waals surface area contributed by atoms with Gasteiger partial charge in [0.1, 0.15) is 5.75 Å². The summed E-state index contributed by atoms with van der Waals surface area (Å²) in [5.41, 5.74) is 9.09. The highest BCUT2D eigenvalue weighted by Crippen LogP contribution is 2.39. The van der Waals surface area contributed by atoms with E-state index < -0.39 is 5.82 Å². The van der Waals surface area contributed by atoms with E-state index in [2.05, 4.69) is 28.5 Å². The first-order chi connectivity index (χ1) is 14.6. The number of nitrogens with two attached hydrogens (primary N) is 1. The zero-order valence-electron chi connectivity index (χ0n) is 16.5. The summed E-state index contributed by atoms with van der Waals surface area (Å²) in [5, 5.41) is 3.36. The Morgan fingerprint density at radius 2 is 2.00 bits per heavy atom. The van der Waals surface area contributed by atoms with E-state index in [0.29, 0.717) is 18.0 Å². The van der Waals surface area contributed by atoms with E-state index in [-0.39, 0.29) is 5.75 Å². The number of anilines is 1. The number of thiophene rings is 1. The molecule has 2 aromatic heterocycles. The van der Waals surface area contributed by atoms with Crippen LogP contribution in [-0.4, -0.2) is 25.2 Å². The molecule has 0 bridgehead atoms. The molecule has 4 rings (SSSR count). The monoisotopic (exact) mass is 423 g/mol. The van der Waals surface area contributed by atoms with Gasteiger partial charge in [0.05, 0.1) is 16.8 Å². The van der Waals surface area contributed by atoms with Crippen molar-refractivity contribution in [1.82, 2.24) is 10.3 Å². The number of nitrogens with one attached hydrogen (secondary N) is 1. The van der Waals surface area contributed by atoms with Crippen LogP contribution in [0.25, 0.3) is 20.7 Å². The largest absolute Gasteiger partial charge is 0.453 e. The van der Waals surface area contributed by atoms with Gasteiger partial charge in [-0.25, -0.2) is 4.39 Å². The summed E-state index contributed by atoms with van der Waals surface area (Å²) in [6.45, 7) is 2.25. The minimum Gasteiger partial charge on any atom is -0.453 e. The number of ether oxygens (including phenoxy) is 2. The van der Waals surface area contributed by atoms with E-state index in [1.165, 1.54) is 17.7 Å². The lowest BCUT2D eigenvalue weighted by Crippen LogP contribution is -2.18. The topological polar surface area (TPSA) is 69.4 Å². The van der Waals surface area contributed by atoms with E-state index in [4.69, 9.17) is 15.2 Å². The minimum absolute atomic E-state index is 0.135. The fourth-order valence-electron chi connectivity index (χ4n) is 3.10. The molecule has 0 saturated carbocycles. The summed E-state index contributed by atoms with van der Waals surface area (Å²) in [6.07, 6.45) is 1.67. The third kappa shape index (κ3) is 4.59. The fourth-order valence-corrected chi connectivity index (χ4v) is 4.16. The van der Waals surface area contributed by atoms with Gasteiger partial charge in [0.25, 0.3) is 0 Å². The molecule has 0 unspecified atom stereocenters. The highest BCUT2D eigenvalue weighted by atomic mass is 32.1. The Bertz CT molecular complexity index is 1160. The van der Waals surface area contributed by atoms with Crippen LogP contribution in [0.15, 0.2) is 60.8 Å². The standard InChI is InChI=1S/C23H22FN3O2S/c1-28-10-9-26-14-15-3-2-4-16(11-15)22-13-19-23(30-22)21(7-8-27-19)29-20-6-5-17(25)12-18(20)24/h2-8,11-13,26H,9-10,14,25H2,1H3. The first kappa shape index (κ1) is 20.3. The van der Waals surface area contributed by atoms with Gasteiger partial charge in [-0.3, -0.25) is 4.98 Å². The predicted molar refractivity (Wildman–Crippen MR) is 120 cm³/mol. The first-order valence-electron chi connectivity index (χ1n) is 9.54. The van der Waals surface area contributed by atoms with Gasteiger partial charge < -0.3 is 20.5 Å². The van der Waals surface area contributed by atoms with Gasteiger partial charge in [0.15, 0.2) is 11.6 Å². The maximum atomic E-state index is 14.2. The highest BCUT2D eigenvalue weighted by molar-refractivity contribution is 7.22. The average Bonchev–Trinajstić information content (AvgIpc) is 3.19. The number of fused-ring (bicyclic) bond motifs is 1. The van der Waals surface area contributed by atoms with Crippen molar-refractivity contribution in [3.8, 4) is 21.9 Å². The summed E-state index contributed by atoms with van der Waals surface area (Å²) in [4.78, 5) is 5.52. The van der Waals surface area contributed by atoms with Crippen LogP contribution < -0.4 is 15.8 Å². The minimum atomic E-state index is -0.495.